The molecule has 0 amide bonds. The van der Waals surface area contributed by atoms with Crippen molar-refractivity contribution in [2.45, 2.75) is 128 Å². The molecule has 0 spiro atoms. The van der Waals surface area contributed by atoms with Crippen LogP contribution in [0.1, 0.15) is 80.1 Å². The molecule has 8 nitrogen and oxygen atoms in total. The van der Waals surface area contributed by atoms with Crippen LogP contribution >= 0.6 is 0 Å². The summed E-state index contributed by atoms with van der Waals surface area (Å²) in [6, 6.07) is 1.50. The summed E-state index contributed by atoms with van der Waals surface area (Å²) < 4.78 is 0. The van der Waals surface area contributed by atoms with Crippen LogP contribution < -0.4 is 21.3 Å². The summed E-state index contributed by atoms with van der Waals surface area (Å²) in [6.45, 7) is 17.7. The van der Waals surface area contributed by atoms with Gasteiger partial charge in [0.15, 0.2) is 0 Å². The highest BCUT2D eigenvalue weighted by molar-refractivity contribution is 5.72. The van der Waals surface area contributed by atoms with Crippen molar-refractivity contribution in [3.05, 3.63) is 23.8 Å². The molecule has 5 aliphatic heterocycles. The minimum Gasteiger partial charge on any atom is -0.481 e. The maximum Gasteiger partial charge on any atom is 0.308 e. The fourth-order valence-electron chi connectivity index (χ4n) is 9.94. The Morgan fingerprint density at radius 3 is 2.10 bits per heavy atom. The zero-order valence-electron chi connectivity index (χ0n) is 25.9. The lowest BCUT2D eigenvalue weighted by atomic mass is 9.74. The van der Waals surface area contributed by atoms with E-state index in [1.807, 2.05) is 0 Å². The van der Waals surface area contributed by atoms with Crippen molar-refractivity contribution in [3.63, 3.8) is 0 Å². The van der Waals surface area contributed by atoms with Gasteiger partial charge >= 0.3 is 11.9 Å². The SMILES string of the molecule is C=CC1C2CC3NC(CC4NC(C(C)C5NC(CC(N2)C1C)C(C)C5CCC(=O)O)C(C(=O)O)C4C)C(CC)=C3C. The molecule has 0 radical (unpaired) electrons. The van der Waals surface area contributed by atoms with Crippen LogP contribution in [-0.4, -0.2) is 70.5 Å². The summed E-state index contributed by atoms with van der Waals surface area (Å²) in [5, 5.41) is 35.9. The second-order valence-corrected chi connectivity index (χ2v) is 14.2. The predicted molar refractivity (Wildman–Crippen MR) is 162 cm³/mol. The van der Waals surface area contributed by atoms with Gasteiger partial charge in [-0.1, -0.05) is 51.8 Å². The highest BCUT2D eigenvalue weighted by Gasteiger charge is 2.53. The molecular formula is C33H54N4O4. The zero-order chi connectivity index (χ0) is 29.7. The highest BCUT2D eigenvalue weighted by atomic mass is 16.4. The normalized spacial score (nSPS) is 48.0. The number of carboxylic acid groups (broad SMARTS) is 2. The van der Waals surface area contributed by atoms with Crippen LogP contribution in [0, 0.1) is 41.4 Å². The fourth-order valence-corrected chi connectivity index (χ4v) is 9.94. The molecular weight excluding hydrogens is 516 g/mol. The maximum absolute atomic E-state index is 12.7. The number of aliphatic carboxylic acids is 2. The van der Waals surface area contributed by atoms with E-state index in [9.17, 15) is 19.8 Å². The predicted octanol–water partition coefficient (Wildman–Crippen LogP) is 3.79. The number of hydrogen-bond donors (Lipinski definition) is 6. The van der Waals surface area contributed by atoms with Crippen LogP contribution in [0.2, 0.25) is 0 Å². The van der Waals surface area contributed by atoms with Crippen LogP contribution in [0.15, 0.2) is 23.8 Å². The number of hydrogen-bond acceptors (Lipinski definition) is 6. The largest absolute Gasteiger partial charge is 0.481 e. The van der Waals surface area contributed by atoms with Crippen LogP contribution in [0.5, 0.6) is 0 Å². The number of fused-ring (bicyclic) bond motifs is 8. The minimum atomic E-state index is -0.762. The van der Waals surface area contributed by atoms with Gasteiger partial charge in [0, 0.05) is 54.8 Å². The Hall–Kier alpha value is -1.74. The van der Waals surface area contributed by atoms with Crippen molar-refractivity contribution < 1.29 is 19.8 Å². The number of carboxylic acids is 2. The van der Waals surface area contributed by atoms with Crippen molar-refractivity contribution in [1.29, 1.82) is 0 Å². The van der Waals surface area contributed by atoms with Gasteiger partial charge in [0.1, 0.15) is 0 Å². The summed E-state index contributed by atoms with van der Waals surface area (Å²) in [5.74, 6) is -0.551. The van der Waals surface area contributed by atoms with Gasteiger partial charge in [0.25, 0.3) is 0 Å². The van der Waals surface area contributed by atoms with Gasteiger partial charge in [-0.25, -0.2) is 0 Å². The molecule has 0 aromatic rings. The monoisotopic (exact) mass is 570 g/mol. The minimum absolute atomic E-state index is 0.00524. The third kappa shape index (κ3) is 5.54. The van der Waals surface area contributed by atoms with Crippen molar-refractivity contribution in [2.75, 3.05) is 0 Å². The topological polar surface area (TPSA) is 123 Å². The van der Waals surface area contributed by atoms with Gasteiger partial charge in [-0.05, 0) is 74.5 Å². The van der Waals surface area contributed by atoms with Crippen molar-refractivity contribution in [3.8, 4) is 0 Å². The van der Waals surface area contributed by atoms with Gasteiger partial charge < -0.3 is 31.5 Å². The molecule has 0 aromatic heterocycles. The molecule has 6 N–H and O–H groups in total. The molecule has 4 saturated heterocycles. The van der Waals surface area contributed by atoms with Crippen molar-refractivity contribution in [2.24, 2.45) is 41.4 Å². The molecule has 8 heteroatoms. The molecule has 4 fully saturated rings. The average Bonchev–Trinajstić information content (AvgIpc) is 3.60. The Balaban J connectivity index is 1.52. The lowest BCUT2D eigenvalue weighted by Crippen LogP contribution is -2.50. The van der Waals surface area contributed by atoms with Crippen LogP contribution in [0.4, 0.5) is 0 Å². The van der Waals surface area contributed by atoms with Gasteiger partial charge in [-0.15, -0.1) is 6.58 Å². The molecule has 15 atom stereocenters. The molecule has 230 valence electrons. The van der Waals surface area contributed by atoms with E-state index < -0.39 is 17.9 Å². The molecule has 0 aromatic carbocycles. The van der Waals surface area contributed by atoms with Gasteiger partial charge in [-0.3, -0.25) is 9.59 Å². The first-order valence-corrected chi connectivity index (χ1v) is 16.3. The Kier molecular flexibility index (Phi) is 9.06. The van der Waals surface area contributed by atoms with Crippen molar-refractivity contribution in [1.82, 2.24) is 21.3 Å². The van der Waals surface area contributed by atoms with Crippen molar-refractivity contribution >= 4 is 11.9 Å². The van der Waals surface area contributed by atoms with E-state index in [1.54, 1.807) is 0 Å². The third-order valence-electron chi connectivity index (χ3n) is 12.4. The summed E-state index contributed by atoms with van der Waals surface area (Å²) in [7, 11) is 0. The van der Waals surface area contributed by atoms with Gasteiger partial charge in [-0.2, -0.15) is 0 Å². The molecule has 15 unspecified atom stereocenters. The molecule has 5 heterocycles. The molecule has 5 aliphatic rings. The Morgan fingerprint density at radius 2 is 1.46 bits per heavy atom. The van der Waals surface area contributed by atoms with Crippen LogP contribution in [0.3, 0.4) is 0 Å². The molecule has 5 rings (SSSR count). The zero-order valence-corrected chi connectivity index (χ0v) is 25.9. The van der Waals surface area contributed by atoms with E-state index in [0.717, 1.165) is 25.7 Å². The lowest BCUT2D eigenvalue weighted by molar-refractivity contribution is -0.144. The average molecular weight is 571 g/mol. The van der Waals surface area contributed by atoms with E-state index in [4.69, 9.17) is 0 Å². The molecule has 0 aliphatic carbocycles. The molecule has 41 heavy (non-hydrogen) atoms. The Labute approximate surface area is 246 Å². The Bertz CT molecular complexity index is 1050. The van der Waals surface area contributed by atoms with Gasteiger partial charge in [0.05, 0.1) is 5.92 Å². The van der Waals surface area contributed by atoms with Gasteiger partial charge in [0.2, 0.25) is 0 Å². The summed E-state index contributed by atoms with van der Waals surface area (Å²) >= 11 is 0. The second kappa shape index (κ2) is 12.1. The van der Waals surface area contributed by atoms with E-state index in [1.165, 1.54) is 11.1 Å². The second-order valence-electron chi connectivity index (χ2n) is 14.2. The van der Waals surface area contributed by atoms with E-state index in [2.05, 4.69) is 75.5 Å². The first-order valence-electron chi connectivity index (χ1n) is 16.3. The summed E-state index contributed by atoms with van der Waals surface area (Å²) in [5.41, 5.74) is 2.95. The summed E-state index contributed by atoms with van der Waals surface area (Å²) in [4.78, 5) is 24.4. The number of carbonyl (C=O) groups is 2. The van der Waals surface area contributed by atoms with Crippen LogP contribution in [0.25, 0.3) is 0 Å². The first-order chi connectivity index (χ1) is 19.5. The highest BCUT2D eigenvalue weighted by Crippen LogP contribution is 2.44. The number of rotatable bonds is 6. The number of nitrogens with one attached hydrogen (secondary N) is 4. The summed E-state index contributed by atoms with van der Waals surface area (Å²) in [6.07, 6.45) is 6.80. The maximum atomic E-state index is 12.7. The fraction of sp³-hybridized carbons (Fsp3) is 0.818. The third-order valence-corrected chi connectivity index (χ3v) is 12.4. The van der Waals surface area contributed by atoms with E-state index in [-0.39, 0.29) is 54.4 Å². The quantitative estimate of drug-likeness (QED) is 0.267. The molecule has 0 saturated carbocycles. The van der Waals surface area contributed by atoms with Crippen LogP contribution in [-0.2, 0) is 9.59 Å². The first kappa shape index (κ1) is 30.7. The lowest BCUT2D eigenvalue weighted by Gasteiger charge is -2.34. The molecule has 8 bridgehead atoms. The smallest absolute Gasteiger partial charge is 0.308 e. The van der Waals surface area contributed by atoms with E-state index in [0.29, 0.717) is 42.3 Å². The Morgan fingerprint density at radius 1 is 0.829 bits per heavy atom. The van der Waals surface area contributed by atoms with E-state index >= 15 is 0 Å². The standard InChI is InChI=1S/C33H54N4O4/c1-8-20-15(3)23-12-25-17(5)22(10-11-29(38)39)31(36-25)19(7)32-30(33(40)41)18(6)26(37-32)14-28-21(9-2)16(4)24(35-28)13-27(20)34-23/h8,15,17-20,22-28,30-32,34-37H,1,9-14H2,2-7H3,(H,38,39)(H,40,41).